The van der Waals surface area contributed by atoms with Crippen molar-refractivity contribution in [3.63, 3.8) is 0 Å². The van der Waals surface area contributed by atoms with Crippen molar-refractivity contribution in [3.8, 4) is 11.3 Å². The number of carboxylic acid groups (broad SMARTS) is 1. The topological polar surface area (TPSA) is 66.0 Å². The molecule has 4 nitrogen and oxygen atoms in total. The van der Waals surface area contributed by atoms with Crippen molar-refractivity contribution in [1.29, 1.82) is 0 Å². The maximum Gasteiger partial charge on any atom is 0.354 e. The van der Waals surface area contributed by atoms with Crippen LogP contribution in [0.5, 0.6) is 0 Å². The maximum absolute atomic E-state index is 14.3. The molecule has 0 aliphatic heterocycles. The summed E-state index contributed by atoms with van der Waals surface area (Å²) in [5, 5.41) is 9.66. The molecule has 2 N–H and O–H groups in total. The van der Waals surface area contributed by atoms with Crippen LogP contribution in [0.1, 0.15) is 10.5 Å². The molecule has 3 aromatic rings. The average Bonchev–Trinajstić information content (AvgIpc) is 2.88. The lowest BCUT2D eigenvalue weighted by atomic mass is 10.1. The maximum atomic E-state index is 14.3. The second kappa shape index (κ2) is 4.20. The molecule has 2 aromatic heterocycles. The minimum atomic E-state index is -1.14. The molecule has 1 aromatic carbocycles. The van der Waals surface area contributed by atoms with E-state index < -0.39 is 11.8 Å². The fraction of sp³-hybridized carbons (Fsp3) is 0. The number of aromatic amines is 1. The number of pyridine rings is 1. The van der Waals surface area contributed by atoms with E-state index in [2.05, 4.69) is 9.97 Å². The van der Waals surface area contributed by atoms with E-state index in [1.54, 1.807) is 36.5 Å². The van der Waals surface area contributed by atoms with Crippen molar-refractivity contribution in [2.45, 2.75) is 0 Å². The molecule has 94 valence electrons. The number of carbonyl (C=O) groups is 1. The minimum absolute atomic E-state index is 0.108. The van der Waals surface area contributed by atoms with Crippen molar-refractivity contribution in [2.24, 2.45) is 0 Å². The van der Waals surface area contributed by atoms with Crippen molar-refractivity contribution < 1.29 is 14.3 Å². The van der Waals surface area contributed by atoms with Gasteiger partial charge in [0.2, 0.25) is 0 Å². The lowest BCUT2D eigenvalue weighted by molar-refractivity contribution is 0.0690. The van der Waals surface area contributed by atoms with Gasteiger partial charge in [-0.15, -0.1) is 0 Å². The summed E-state index contributed by atoms with van der Waals surface area (Å²) >= 11 is 0. The van der Waals surface area contributed by atoms with Gasteiger partial charge in [-0.2, -0.15) is 0 Å². The van der Waals surface area contributed by atoms with E-state index >= 15 is 0 Å². The third-order valence-electron chi connectivity index (χ3n) is 2.91. The van der Waals surface area contributed by atoms with E-state index in [1.807, 2.05) is 0 Å². The molecule has 0 bridgehead atoms. The van der Waals surface area contributed by atoms with Gasteiger partial charge in [0.1, 0.15) is 5.69 Å². The summed E-state index contributed by atoms with van der Waals surface area (Å²) in [7, 11) is 0. The van der Waals surface area contributed by atoms with Gasteiger partial charge in [0, 0.05) is 17.1 Å². The Labute approximate surface area is 107 Å². The highest BCUT2D eigenvalue weighted by atomic mass is 19.1. The molecule has 0 radical (unpaired) electrons. The van der Waals surface area contributed by atoms with Gasteiger partial charge in [-0.3, -0.25) is 0 Å². The minimum Gasteiger partial charge on any atom is -0.477 e. The Bertz CT molecular complexity index is 780. The zero-order valence-corrected chi connectivity index (χ0v) is 9.72. The first kappa shape index (κ1) is 11.4. The molecule has 0 saturated carbocycles. The number of nitrogens with zero attached hydrogens (tertiary/aromatic N) is 1. The smallest absolute Gasteiger partial charge is 0.354 e. The second-order valence-corrected chi connectivity index (χ2v) is 4.08. The van der Waals surface area contributed by atoms with Crippen LogP contribution in [0.2, 0.25) is 0 Å². The molecule has 0 amide bonds. The molecule has 19 heavy (non-hydrogen) atoms. The van der Waals surface area contributed by atoms with Crippen LogP contribution in [0.3, 0.4) is 0 Å². The predicted molar refractivity (Wildman–Crippen MR) is 68.4 cm³/mol. The van der Waals surface area contributed by atoms with Gasteiger partial charge in [0.25, 0.3) is 0 Å². The van der Waals surface area contributed by atoms with Crippen LogP contribution < -0.4 is 0 Å². The molecular formula is C14H9FN2O2. The van der Waals surface area contributed by atoms with Crippen LogP contribution in [0.25, 0.3) is 22.2 Å². The van der Waals surface area contributed by atoms with Crippen LogP contribution in [-0.4, -0.2) is 21.0 Å². The van der Waals surface area contributed by atoms with Gasteiger partial charge in [-0.25, -0.2) is 14.2 Å². The molecule has 0 aliphatic rings. The Balaban J connectivity index is 2.21. The number of halogens is 1. The Hall–Kier alpha value is -2.69. The zero-order valence-electron chi connectivity index (χ0n) is 9.72. The standard InChI is InChI=1S/C14H9FN2O2/c15-12-9(5-4-8-6-7-16-13(8)12)10-2-1-3-11(17-10)14(18)19/h1-7,16H,(H,18,19). The molecule has 0 unspecified atom stereocenters. The van der Waals surface area contributed by atoms with E-state index in [-0.39, 0.29) is 11.3 Å². The molecule has 3 rings (SSSR count). The highest BCUT2D eigenvalue weighted by Gasteiger charge is 2.13. The van der Waals surface area contributed by atoms with Gasteiger partial charge in [-0.1, -0.05) is 12.1 Å². The van der Waals surface area contributed by atoms with Gasteiger partial charge < -0.3 is 10.1 Å². The Kier molecular flexibility index (Phi) is 2.52. The number of rotatable bonds is 2. The number of carboxylic acids is 1. The second-order valence-electron chi connectivity index (χ2n) is 4.08. The van der Waals surface area contributed by atoms with Gasteiger partial charge >= 0.3 is 5.97 Å². The molecule has 5 heteroatoms. The normalized spacial score (nSPS) is 10.8. The summed E-state index contributed by atoms with van der Waals surface area (Å²) in [5.74, 6) is -1.57. The Morgan fingerprint density at radius 3 is 2.84 bits per heavy atom. The number of hydrogen-bond acceptors (Lipinski definition) is 2. The van der Waals surface area contributed by atoms with Crippen molar-refractivity contribution in [1.82, 2.24) is 9.97 Å². The summed E-state index contributed by atoms with van der Waals surface area (Å²) in [4.78, 5) is 17.6. The SMILES string of the molecule is O=C(O)c1cccc(-c2ccc3cc[nH]c3c2F)n1. The summed E-state index contributed by atoms with van der Waals surface area (Å²) in [5.41, 5.74) is 0.857. The van der Waals surface area contributed by atoms with Crippen LogP contribution >= 0.6 is 0 Å². The quantitative estimate of drug-likeness (QED) is 0.740. The third kappa shape index (κ3) is 1.85. The van der Waals surface area contributed by atoms with Crippen LogP contribution in [0.15, 0.2) is 42.6 Å². The van der Waals surface area contributed by atoms with Crippen LogP contribution in [-0.2, 0) is 0 Å². The first-order valence-electron chi connectivity index (χ1n) is 5.63. The lowest BCUT2D eigenvalue weighted by Gasteiger charge is -2.04. The number of aromatic carboxylic acids is 1. The summed E-state index contributed by atoms with van der Waals surface area (Å²) in [6.45, 7) is 0. The molecule has 0 aliphatic carbocycles. The molecule has 0 atom stereocenters. The summed E-state index contributed by atoms with van der Waals surface area (Å²) in [6, 6.07) is 9.63. The summed E-state index contributed by atoms with van der Waals surface area (Å²) < 4.78 is 14.3. The fourth-order valence-electron chi connectivity index (χ4n) is 1.99. The summed E-state index contributed by atoms with van der Waals surface area (Å²) in [6.07, 6.45) is 1.65. The zero-order chi connectivity index (χ0) is 13.4. The molecule has 0 fully saturated rings. The number of benzene rings is 1. The highest BCUT2D eigenvalue weighted by molar-refractivity contribution is 5.88. The van der Waals surface area contributed by atoms with Crippen LogP contribution in [0.4, 0.5) is 4.39 Å². The van der Waals surface area contributed by atoms with Crippen LogP contribution in [0, 0.1) is 5.82 Å². The van der Waals surface area contributed by atoms with E-state index in [0.29, 0.717) is 11.2 Å². The number of fused-ring (bicyclic) bond motifs is 1. The number of aromatic nitrogens is 2. The largest absolute Gasteiger partial charge is 0.477 e. The predicted octanol–water partition coefficient (Wildman–Crippen LogP) is 3.07. The number of hydrogen-bond donors (Lipinski definition) is 2. The molecule has 2 heterocycles. The van der Waals surface area contributed by atoms with Gasteiger partial charge in [0.15, 0.2) is 5.82 Å². The van der Waals surface area contributed by atoms with E-state index in [0.717, 1.165) is 5.39 Å². The van der Waals surface area contributed by atoms with Crippen molar-refractivity contribution >= 4 is 16.9 Å². The monoisotopic (exact) mass is 256 g/mol. The Morgan fingerprint density at radius 2 is 2.05 bits per heavy atom. The highest BCUT2D eigenvalue weighted by Crippen LogP contribution is 2.27. The van der Waals surface area contributed by atoms with Crippen molar-refractivity contribution in [2.75, 3.05) is 0 Å². The van der Waals surface area contributed by atoms with Gasteiger partial charge in [-0.05, 0) is 24.3 Å². The number of H-pyrrole nitrogens is 1. The van der Waals surface area contributed by atoms with Crippen molar-refractivity contribution in [3.05, 3.63) is 54.1 Å². The first-order chi connectivity index (χ1) is 9.16. The third-order valence-corrected chi connectivity index (χ3v) is 2.91. The first-order valence-corrected chi connectivity index (χ1v) is 5.63. The molecule has 0 saturated heterocycles. The number of nitrogens with one attached hydrogen (secondary N) is 1. The molecule has 0 spiro atoms. The van der Waals surface area contributed by atoms with E-state index in [4.69, 9.17) is 5.11 Å². The van der Waals surface area contributed by atoms with Gasteiger partial charge in [0.05, 0.1) is 11.2 Å². The molecular weight excluding hydrogens is 247 g/mol. The fourth-order valence-corrected chi connectivity index (χ4v) is 1.99. The average molecular weight is 256 g/mol. The Morgan fingerprint density at radius 1 is 1.21 bits per heavy atom. The lowest BCUT2D eigenvalue weighted by Crippen LogP contribution is -2.01. The van der Waals surface area contributed by atoms with E-state index in [9.17, 15) is 9.18 Å². The van der Waals surface area contributed by atoms with E-state index in [1.165, 1.54) is 6.07 Å².